The molecular weight excluding hydrogens is 571 g/mol. The number of carbonyl (C=O) groups excluding carboxylic acids is 1. The fourth-order valence-corrected chi connectivity index (χ4v) is 6.49. The maximum Gasteiger partial charge on any atom is 0.417 e. The molecule has 2 aliphatic heterocycles. The first-order valence-electron chi connectivity index (χ1n) is 12.6. The van der Waals surface area contributed by atoms with E-state index in [1.807, 2.05) is 0 Å². The number of aromatic nitrogens is 2. The van der Waals surface area contributed by atoms with Crippen molar-refractivity contribution in [2.45, 2.75) is 17.1 Å². The zero-order valence-electron chi connectivity index (χ0n) is 21.8. The normalized spacial score (nSPS) is 17.3. The Hall–Kier alpha value is -3.49. The quantitative estimate of drug-likeness (QED) is 0.173. The van der Waals surface area contributed by atoms with Crippen LogP contribution in [0.3, 0.4) is 0 Å². The molecule has 1 atom stereocenters. The number of alkyl halides is 3. The number of halogens is 5. The first kappa shape index (κ1) is 29.0. The Morgan fingerprint density at radius 2 is 1.93 bits per heavy atom. The number of benzene rings is 2. The Labute approximate surface area is 235 Å². The molecule has 0 bridgehead atoms. The lowest BCUT2D eigenvalue weighted by molar-refractivity contribution is -0.137. The first-order valence-corrected chi connectivity index (χ1v) is 13.5. The molecular formula is C27H25F5N4O4S. The van der Waals surface area contributed by atoms with Gasteiger partial charge in [0.15, 0.2) is 0 Å². The topological polar surface area (TPSA) is 76.9 Å². The van der Waals surface area contributed by atoms with Gasteiger partial charge in [-0.05, 0) is 24.3 Å². The molecule has 41 heavy (non-hydrogen) atoms. The third kappa shape index (κ3) is 5.43. The van der Waals surface area contributed by atoms with Crippen LogP contribution in [0, 0.1) is 11.6 Å². The molecule has 2 aliphatic rings. The van der Waals surface area contributed by atoms with Crippen LogP contribution in [0.4, 0.5) is 27.8 Å². The van der Waals surface area contributed by atoms with Crippen LogP contribution in [0.2, 0.25) is 0 Å². The Morgan fingerprint density at radius 3 is 2.56 bits per heavy atom. The summed E-state index contributed by atoms with van der Waals surface area (Å²) in [5.41, 5.74) is -2.61. The highest BCUT2D eigenvalue weighted by Crippen LogP contribution is 2.50. The van der Waals surface area contributed by atoms with E-state index >= 15 is 4.39 Å². The molecule has 1 aromatic heterocycles. The van der Waals surface area contributed by atoms with Crippen molar-refractivity contribution in [2.24, 2.45) is 0 Å². The zero-order valence-corrected chi connectivity index (χ0v) is 22.7. The third-order valence-electron chi connectivity index (χ3n) is 7.01. The van der Waals surface area contributed by atoms with Crippen LogP contribution < -0.4 is 10.6 Å². The van der Waals surface area contributed by atoms with E-state index in [4.69, 9.17) is 9.47 Å². The van der Waals surface area contributed by atoms with E-state index < -0.39 is 46.2 Å². The van der Waals surface area contributed by atoms with Gasteiger partial charge < -0.3 is 19.3 Å². The summed E-state index contributed by atoms with van der Waals surface area (Å²) >= 11 is 1.03. The van der Waals surface area contributed by atoms with Crippen LogP contribution in [-0.4, -0.2) is 72.8 Å². The minimum Gasteiger partial charge on any atom is -0.359 e. The molecule has 0 unspecified atom stereocenters. The number of hydrogen-bond acceptors (Lipinski definition) is 7. The van der Waals surface area contributed by atoms with E-state index in [2.05, 4.69) is 11.6 Å². The highest BCUT2D eigenvalue weighted by Gasteiger charge is 2.40. The van der Waals surface area contributed by atoms with Crippen LogP contribution in [0.25, 0.3) is 22.0 Å². The number of methoxy groups -OCH3 is 1. The van der Waals surface area contributed by atoms with Crippen LogP contribution in [0.15, 0.2) is 46.6 Å². The lowest BCUT2D eigenvalue weighted by Gasteiger charge is -2.37. The number of hydrogen-bond donors (Lipinski definition) is 0. The molecule has 2 aromatic carbocycles. The first-order chi connectivity index (χ1) is 19.5. The summed E-state index contributed by atoms with van der Waals surface area (Å²) in [6, 6.07) is 2.64. The fraction of sp³-hybridized carbons (Fsp3) is 0.370. The lowest BCUT2D eigenvalue weighted by atomic mass is 9.95. The van der Waals surface area contributed by atoms with Crippen molar-refractivity contribution in [2.75, 3.05) is 57.3 Å². The molecule has 0 N–H and O–H groups in total. The van der Waals surface area contributed by atoms with Gasteiger partial charge >= 0.3 is 11.9 Å². The minimum absolute atomic E-state index is 0.0138. The van der Waals surface area contributed by atoms with Crippen molar-refractivity contribution in [3.63, 3.8) is 0 Å². The molecule has 1 saturated heterocycles. The molecule has 0 radical (unpaired) electrons. The zero-order chi connectivity index (χ0) is 29.5. The maximum atomic E-state index is 15.0. The van der Waals surface area contributed by atoms with Crippen molar-refractivity contribution in [3.8, 4) is 11.1 Å². The van der Waals surface area contributed by atoms with Crippen molar-refractivity contribution >= 4 is 34.4 Å². The van der Waals surface area contributed by atoms with Crippen LogP contribution >= 0.6 is 11.8 Å². The second-order valence-corrected chi connectivity index (χ2v) is 10.5. The van der Waals surface area contributed by atoms with E-state index in [-0.39, 0.29) is 72.9 Å². The maximum absolute atomic E-state index is 15.0. The van der Waals surface area contributed by atoms with Gasteiger partial charge in [0.25, 0.3) is 0 Å². The van der Waals surface area contributed by atoms with Gasteiger partial charge in [-0.25, -0.2) is 13.6 Å². The Morgan fingerprint density at radius 1 is 1.20 bits per heavy atom. The molecule has 0 saturated carbocycles. The summed E-state index contributed by atoms with van der Waals surface area (Å²) in [4.78, 5) is 33.0. The highest BCUT2D eigenvalue weighted by molar-refractivity contribution is 7.99. The van der Waals surface area contributed by atoms with Gasteiger partial charge in [0.05, 0.1) is 23.7 Å². The molecule has 0 spiro atoms. The molecule has 1 fully saturated rings. The Balaban J connectivity index is 1.78. The second kappa shape index (κ2) is 11.4. The number of ether oxygens (including phenoxy) is 2. The summed E-state index contributed by atoms with van der Waals surface area (Å²) in [5, 5.41) is 0.0469. The lowest BCUT2D eigenvalue weighted by Crippen LogP contribution is -2.49. The Kier molecular flexibility index (Phi) is 8.08. The average Bonchev–Trinajstić information content (AvgIpc) is 2.94. The predicted octanol–water partition coefficient (Wildman–Crippen LogP) is 4.46. The molecule has 5 rings (SSSR count). The summed E-state index contributed by atoms with van der Waals surface area (Å²) in [6.45, 7) is 4.34. The van der Waals surface area contributed by atoms with Crippen LogP contribution in [-0.2, 0) is 20.4 Å². The summed E-state index contributed by atoms with van der Waals surface area (Å²) in [6.07, 6.45) is -3.75. The number of anilines is 1. The number of nitrogens with zero attached hydrogens (tertiary/aromatic N) is 4. The molecule has 3 heterocycles. The second-order valence-electron chi connectivity index (χ2n) is 9.49. The summed E-state index contributed by atoms with van der Waals surface area (Å²) in [7, 11) is 1.43. The van der Waals surface area contributed by atoms with Gasteiger partial charge in [-0.1, -0.05) is 6.58 Å². The standard InChI is InChI=1S/C27H25F5N4O4S/c1-3-21(37)34-6-8-35(9-7-34)25-18-11-19(27(30,31)32)22(17-5-4-15(28)10-20(17)29)24-23(18)36(26(38)33-25)16(13-41-24)12-40-14-39-2/h3-5,10-11,16H,1,6-9,12-14H2,2H3/t16-/m0/s1. The molecule has 218 valence electrons. The van der Waals surface area contributed by atoms with Crippen molar-refractivity contribution in [3.05, 3.63) is 64.6 Å². The smallest absolute Gasteiger partial charge is 0.359 e. The number of piperazine rings is 1. The van der Waals surface area contributed by atoms with Crippen molar-refractivity contribution in [1.82, 2.24) is 14.5 Å². The predicted molar refractivity (Wildman–Crippen MR) is 143 cm³/mol. The molecule has 3 aromatic rings. The number of carbonyl (C=O) groups is 1. The van der Waals surface area contributed by atoms with E-state index in [0.29, 0.717) is 6.07 Å². The van der Waals surface area contributed by atoms with Crippen LogP contribution in [0.5, 0.6) is 0 Å². The SMILES string of the molecule is C=CC(=O)N1CCN(c2nc(=O)n3c4c(c(-c5ccc(F)cc5F)c(C(F)(F)F)cc24)SC[C@@H]3COCOC)CC1. The van der Waals surface area contributed by atoms with Crippen molar-refractivity contribution in [1.29, 1.82) is 0 Å². The van der Waals surface area contributed by atoms with Gasteiger partial charge in [-0.3, -0.25) is 9.36 Å². The van der Waals surface area contributed by atoms with E-state index in [9.17, 15) is 27.2 Å². The van der Waals surface area contributed by atoms with Crippen molar-refractivity contribution < 1.29 is 36.2 Å². The molecule has 0 aliphatic carbocycles. The summed E-state index contributed by atoms with van der Waals surface area (Å²) < 4.78 is 84.3. The average molecular weight is 597 g/mol. The minimum atomic E-state index is -4.92. The van der Waals surface area contributed by atoms with Gasteiger partial charge in [0.1, 0.15) is 24.2 Å². The number of thioether (sulfide) groups is 1. The number of amides is 1. The number of rotatable bonds is 7. The largest absolute Gasteiger partial charge is 0.417 e. The molecule has 8 nitrogen and oxygen atoms in total. The monoisotopic (exact) mass is 596 g/mol. The van der Waals surface area contributed by atoms with Gasteiger partial charge in [-0.2, -0.15) is 18.2 Å². The van der Waals surface area contributed by atoms with E-state index in [1.54, 1.807) is 4.90 Å². The molecule has 14 heteroatoms. The van der Waals surface area contributed by atoms with E-state index in [1.165, 1.54) is 22.7 Å². The van der Waals surface area contributed by atoms with Gasteiger partial charge in [0, 0.05) is 66.5 Å². The Bertz CT molecular complexity index is 1570. The fourth-order valence-electron chi connectivity index (χ4n) is 5.17. The van der Waals surface area contributed by atoms with Gasteiger partial charge in [0.2, 0.25) is 5.91 Å². The van der Waals surface area contributed by atoms with E-state index in [0.717, 1.165) is 30.0 Å². The molecule has 1 amide bonds. The highest BCUT2D eigenvalue weighted by atomic mass is 32.2. The summed E-state index contributed by atoms with van der Waals surface area (Å²) in [5.74, 6) is -2.22. The van der Waals surface area contributed by atoms with Gasteiger partial charge in [-0.15, -0.1) is 11.8 Å². The third-order valence-corrected chi connectivity index (χ3v) is 8.25. The van der Waals surface area contributed by atoms with Crippen LogP contribution in [0.1, 0.15) is 11.6 Å².